The molecule has 0 atom stereocenters. The predicted molar refractivity (Wildman–Crippen MR) is 70.2 cm³/mol. The van der Waals surface area contributed by atoms with Crippen molar-refractivity contribution in [3.05, 3.63) is 77.3 Å². The zero-order valence-electron chi connectivity index (χ0n) is 10.3. The van der Waals surface area contributed by atoms with E-state index in [2.05, 4.69) is 0 Å². The van der Waals surface area contributed by atoms with Gasteiger partial charge in [-0.2, -0.15) is 0 Å². The molecule has 0 saturated heterocycles. The largest absolute Gasteiger partial charge is 0.453 e. The number of carbonyl (C=O) groups excluding carboxylic acids is 2. The number of Topliss-reactive ketones (excluding diaryl/α,β-unsaturated/α-hetero) is 1. The van der Waals surface area contributed by atoms with Crippen molar-refractivity contribution in [2.24, 2.45) is 0 Å². The van der Waals surface area contributed by atoms with Crippen molar-refractivity contribution in [1.29, 1.82) is 0 Å². The first-order chi connectivity index (χ1) is 9.65. The zero-order valence-corrected chi connectivity index (χ0v) is 10.3. The number of fused-ring (bicyclic) bond motifs is 1. The second-order valence-corrected chi connectivity index (χ2v) is 4.31. The molecule has 0 amide bonds. The molecule has 3 nitrogen and oxygen atoms in total. The fraction of sp³-hybridized carbons (Fsp3) is 0. The van der Waals surface area contributed by atoms with Gasteiger partial charge in [-0.1, -0.05) is 30.3 Å². The summed E-state index contributed by atoms with van der Waals surface area (Å²) in [4.78, 5) is 24.1. The molecule has 98 valence electrons. The van der Waals surface area contributed by atoms with Gasteiger partial charge in [0.25, 0.3) is 0 Å². The van der Waals surface area contributed by atoms with E-state index in [-0.39, 0.29) is 23.1 Å². The van der Waals surface area contributed by atoms with Crippen LogP contribution in [0.4, 0.5) is 4.39 Å². The monoisotopic (exact) mass is 268 g/mol. The number of allylic oxidation sites excluding steroid dienone is 2. The molecular weight excluding hydrogens is 259 g/mol. The molecule has 0 N–H and O–H groups in total. The highest BCUT2D eigenvalue weighted by atomic mass is 19.1. The molecule has 2 aromatic rings. The van der Waals surface area contributed by atoms with Gasteiger partial charge in [0.15, 0.2) is 11.5 Å². The molecule has 0 unspecified atom stereocenters. The number of hydrogen-bond acceptors (Lipinski definition) is 3. The molecule has 0 radical (unpaired) electrons. The molecule has 20 heavy (non-hydrogen) atoms. The molecule has 0 saturated carbocycles. The molecule has 4 heteroatoms. The van der Waals surface area contributed by atoms with Crippen LogP contribution >= 0.6 is 0 Å². The number of carbonyl (C=O) groups is 2. The van der Waals surface area contributed by atoms with Crippen molar-refractivity contribution in [2.75, 3.05) is 0 Å². The highest BCUT2D eigenvalue weighted by molar-refractivity contribution is 6.23. The highest BCUT2D eigenvalue weighted by Gasteiger charge is 2.26. The lowest BCUT2D eigenvalue weighted by atomic mass is 9.94. The smallest absolute Gasteiger partial charge is 0.229 e. The lowest BCUT2D eigenvalue weighted by Gasteiger charge is -2.15. The zero-order chi connectivity index (χ0) is 14.1. The Hall–Kier alpha value is -2.75. The molecular formula is C16H9FO3. The average Bonchev–Trinajstić information content (AvgIpc) is 2.45. The summed E-state index contributed by atoms with van der Waals surface area (Å²) in [6.07, 6.45) is 1.13. The number of ketones is 2. The van der Waals surface area contributed by atoms with E-state index in [4.69, 9.17) is 4.74 Å². The van der Waals surface area contributed by atoms with Gasteiger partial charge in [-0.3, -0.25) is 9.59 Å². The second kappa shape index (κ2) is 4.74. The van der Waals surface area contributed by atoms with Crippen LogP contribution in [0.2, 0.25) is 0 Å². The van der Waals surface area contributed by atoms with Crippen LogP contribution in [0, 0.1) is 5.82 Å². The molecule has 1 aliphatic carbocycles. The van der Waals surface area contributed by atoms with Crippen molar-refractivity contribution in [3.63, 3.8) is 0 Å². The number of benzene rings is 2. The minimum Gasteiger partial charge on any atom is -0.453 e. The molecule has 0 heterocycles. The van der Waals surface area contributed by atoms with Crippen LogP contribution in [0.5, 0.6) is 5.75 Å². The van der Waals surface area contributed by atoms with Crippen LogP contribution in [-0.2, 0) is 0 Å². The number of ether oxygens (including phenoxy) is 1. The minimum atomic E-state index is -0.474. The third kappa shape index (κ3) is 2.12. The lowest BCUT2D eigenvalue weighted by molar-refractivity contribution is 0.0946. The van der Waals surface area contributed by atoms with Gasteiger partial charge in [0.05, 0.1) is 0 Å². The van der Waals surface area contributed by atoms with Crippen molar-refractivity contribution in [3.8, 4) is 5.75 Å². The standard InChI is InChI=1S/C16H9FO3/c17-10-4-3-5-11(8-10)20-15-9-14(18)12-6-1-2-7-13(12)16(15)19/h1-9H. The Kier molecular flexibility index (Phi) is 2.91. The summed E-state index contributed by atoms with van der Waals surface area (Å²) in [6.45, 7) is 0. The van der Waals surface area contributed by atoms with Crippen molar-refractivity contribution in [2.45, 2.75) is 0 Å². The van der Waals surface area contributed by atoms with Gasteiger partial charge in [0.1, 0.15) is 11.6 Å². The lowest BCUT2D eigenvalue weighted by Crippen LogP contribution is -2.20. The summed E-state index contributed by atoms with van der Waals surface area (Å²) < 4.78 is 18.4. The van der Waals surface area contributed by atoms with Gasteiger partial charge in [-0.05, 0) is 12.1 Å². The first-order valence-corrected chi connectivity index (χ1v) is 5.98. The maximum Gasteiger partial charge on any atom is 0.229 e. The Labute approximate surface area is 114 Å². The summed E-state index contributed by atoms with van der Waals surface area (Å²) in [5.41, 5.74) is 0.649. The number of rotatable bonds is 2. The second-order valence-electron chi connectivity index (χ2n) is 4.31. The van der Waals surface area contributed by atoms with Crippen LogP contribution in [0.25, 0.3) is 0 Å². The molecule has 2 aromatic carbocycles. The van der Waals surface area contributed by atoms with Crippen LogP contribution in [0.3, 0.4) is 0 Å². The Morgan fingerprint density at radius 3 is 2.40 bits per heavy atom. The summed E-state index contributed by atoms with van der Waals surface area (Å²) in [6, 6.07) is 11.9. The van der Waals surface area contributed by atoms with E-state index in [9.17, 15) is 14.0 Å². The van der Waals surface area contributed by atoms with Crippen LogP contribution in [-0.4, -0.2) is 11.6 Å². The first-order valence-electron chi connectivity index (χ1n) is 5.98. The van der Waals surface area contributed by atoms with E-state index < -0.39 is 5.82 Å². The Morgan fingerprint density at radius 2 is 1.65 bits per heavy atom. The van der Waals surface area contributed by atoms with Gasteiger partial charge in [0, 0.05) is 23.3 Å². The Bertz CT molecular complexity index is 747. The SMILES string of the molecule is O=C1C=C(Oc2cccc(F)c2)C(=O)c2ccccc21. The van der Waals surface area contributed by atoms with E-state index in [1.54, 1.807) is 24.3 Å². The third-order valence-electron chi connectivity index (χ3n) is 2.95. The van der Waals surface area contributed by atoms with E-state index in [1.165, 1.54) is 18.2 Å². The summed E-state index contributed by atoms with van der Waals surface area (Å²) in [5.74, 6) is -1.08. The van der Waals surface area contributed by atoms with Gasteiger partial charge in [-0.15, -0.1) is 0 Å². The predicted octanol–water partition coefficient (Wildman–Crippen LogP) is 3.17. The normalized spacial score (nSPS) is 13.8. The molecule has 3 rings (SSSR count). The molecule has 0 aliphatic heterocycles. The molecule has 0 bridgehead atoms. The van der Waals surface area contributed by atoms with Crippen LogP contribution in [0.15, 0.2) is 60.4 Å². The van der Waals surface area contributed by atoms with Crippen LogP contribution in [0.1, 0.15) is 20.7 Å². The van der Waals surface area contributed by atoms with Gasteiger partial charge >= 0.3 is 0 Å². The van der Waals surface area contributed by atoms with Gasteiger partial charge < -0.3 is 4.74 Å². The van der Waals surface area contributed by atoms with E-state index in [1.807, 2.05) is 0 Å². The van der Waals surface area contributed by atoms with E-state index >= 15 is 0 Å². The number of hydrogen-bond donors (Lipinski definition) is 0. The maximum atomic E-state index is 13.1. The quantitative estimate of drug-likeness (QED) is 0.840. The van der Waals surface area contributed by atoms with Crippen molar-refractivity contribution in [1.82, 2.24) is 0 Å². The Morgan fingerprint density at radius 1 is 0.900 bits per heavy atom. The third-order valence-corrected chi connectivity index (χ3v) is 2.95. The minimum absolute atomic E-state index is 0.0979. The van der Waals surface area contributed by atoms with Crippen molar-refractivity contribution >= 4 is 11.6 Å². The van der Waals surface area contributed by atoms with Crippen molar-refractivity contribution < 1.29 is 18.7 Å². The molecule has 0 fully saturated rings. The number of halogens is 1. The molecule has 1 aliphatic rings. The Balaban J connectivity index is 1.96. The van der Waals surface area contributed by atoms with E-state index in [0.29, 0.717) is 11.1 Å². The van der Waals surface area contributed by atoms with E-state index in [0.717, 1.165) is 12.1 Å². The molecule has 0 spiro atoms. The maximum absolute atomic E-state index is 13.1. The fourth-order valence-electron chi connectivity index (χ4n) is 2.02. The van der Waals surface area contributed by atoms with Crippen LogP contribution < -0.4 is 4.74 Å². The summed E-state index contributed by atoms with van der Waals surface area (Å²) in [7, 11) is 0. The van der Waals surface area contributed by atoms with Gasteiger partial charge in [-0.25, -0.2) is 4.39 Å². The summed E-state index contributed by atoms with van der Waals surface area (Å²) in [5, 5.41) is 0. The van der Waals surface area contributed by atoms with Gasteiger partial charge in [0.2, 0.25) is 5.78 Å². The first kappa shape index (κ1) is 12.3. The average molecular weight is 268 g/mol. The summed E-state index contributed by atoms with van der Waals surface area (Å²) >= 11 is 0. The topological polar surface area (TPSA) is 43.4 Å². The fourth-order valence-corrected chi connectivity index (χ4v) is 2.02. The highest BCUT2D eigenvalue weighted by Crippen LogP contribution is 2.24. The molecule has 0 aromatic heterocycles.